The highest BCUT2D eigenvalue weighted by atomic mass is 16.2. The summed E-state index contributed by atoms with van der Waals surface area (Å²) in [5.41, 5.74) is 4.59. The summed E-state index contributed by atoms with van der Waals surface area (Å²) in [4.78, 5) is 14.2. The lowest BCUT2D eigenvalue weighted by Crippen LogP contribution is -2.30. The van der Waals surface area contributed by atoms with Gasteiger partial charge in [-0.1, -0.05) is 62.4 Å². The van der Waals surface area contributed by atoms with Crippen molar-refractivity contribution >= 4 is 11.6 Å². The molecule has 0 spiro atoms. The third kappa shape index (κ3) is 2.22. The zero-order chi connectivity index (χ0) is 14.1. The molecule has 2 nitrogen and oxygen atoms in total. The normalized spacial score (nSPS) is 13.9. The average Bonchev–Trinajstić information content (AvgIpc) is 2.75. The van der Waals surface area contributed by atoms with E-state index in [1.165, 1.54) is 5.56 Å². The fraction of sp³-hybridized carbons (Fsp3) is 0.278. The molecule has 2 aromatic rings. The van der Waals surface area contributed by atoms with Crippen LogP contribution in [0.15, 0.2) is 48.5 Å². The molecule has 1 aliphatic heterocycles. The largest absolute Gasteiger partial charge is 0.311 e. The Kier molecular flexibility index (Phi) is 3.31. The molecule has 0 radical (unpaired) electrons. The predicted octanol–water partition coefficient (Wildman–Crippen LogP) is 3.90. The van der Waals surface area contributed by atoms with Crippen molar-refractivity contribution in [2.75, 3.05) is 11.4 Å². The first-order chi connectivity index (χ1) is 9.66. The SMILES string of the molecule is CC(C)CN1C(=O)Cc2cccc(-c3ccccc3)c21. The molecule has 2 heteroatoms. The molecule has 0 aliphatic carbocycles. The molecule has 1 amide bonds. The minimum Gasteiger partial charge on any atom is -0.311 e. The van der Waals surface area contributed by atoms with Crippen LogP contribution in [0.3, 0.4) is 0 Å². The molecule has 3 rings (SSSR count). The first-order valence-electron chi connectivity index (χ1n) is 7.14. The van der Waals surface area contributed by atoms with Crippen LogP contribution in [0.5, 0.6) is 0 Å². The van der Waals surface area contributed by atoms with Crippen molar-refractivity contribution in [1.82, 2.24) is 0 Å². The molecule has 0 bridgehead atoms. The second-order valence-electron chi connectivity index (χ2n) is 5.75. The fourth-order valence-corrected chi connectivity index (χ4v) is 2.84. The van der Waals surface area contributed by atoms with E-state index in [0.717, 1.165) is 23.4 Å². The van der Waals surface area contributed by atoms with Gasteiger partial charge in [-0.15, -0.1) is 0 Å². The highest BCUT2D eigenvalue weighted by molar-refractivity contribution is 6.05. The van der Waals surface area contributed by atoms with Crippen molar-refractivity contribution in [2.45, 2.75) is 20.3 Å². The number of carbonyl (C=O) groups excluding carboxylic acids is 1. The number of hydrogen-bond donors (Lipinski definition) is 0. The molecular formula is C18H19NO. The Hall–Kier alpha value is -2.09. The first-order valence-corrected chi connectivity index (χ1v) is 7.14. The maximum atomic E-state index is 12.3. The van der Waals surface area contributed by atoms with Crippen LogP contribution in [-0.2, 0) is 11.2 Å². The summed E-state index contributed by atoms with van der Waals surface area (Å²) in [5, 5.41) is 0. The minimum absolute atomic E-state index is 0.220. The molecule has 0 fully saturated rings. The van der Waals surface area contributed by atoms with E-state index in [-0.39, 0.29) is 5.91 Å². The Bertz CT molecular complexity index is 631. The standard InChI is InChI=1S/C18H19NO/c1-13(2)12-19-17(20)11-15-9-6-10-16(18(15)19)14-7-4-3-5-8-14/h3-10,13H,11-12H2,1-2H3. The highest BCUT2D eigenvalue weighted by Gasteiger charge is 2.29. The molecule has 0 saturated carbocycles. The van der Waals surface area contributed by atoms with Gasteiger partial charge in [0.05, 0.1) is 12.1 Å². The van der Waals surface area contributed by atoms with Gasteiger partial charge in [0, 0.05) is 12.1 Å². The van der Waals surface area contributed by atoms with Gasteiger partial charge in [-0.05, 0) is 17.0 Å². The van der Waals surface area contributed by atoms with E-state index < -0.39 is 0 Å². The number of carbonyl (C=O) groups is 1. The van der Waals surface area contributed by atoms with Gasteiger partial charge in [0.25, 0.3) is 0 Å². The van der Waals surface area contributed by atoms with Crippen molar-refractivity contribution in [1.29, 1.82) is 0 Å². The number of rotatable bonds is 3. The molecule has 0 unspecified atom stereocenters. The van der Waals surface area contributed by atoms with Gasteiger partial charge in [-0.25, -0.2) is 0 Å². The monoisotopic (exact) mass is 265 g/mol. The number of benzene rings is 2. The van der Waals surface area contributed by atoms with Crippen molar-refractivity contribution < 1.29 is 4.79 Å². The molecule has 2 aromatic carbocycles. The molecule has 0 atom stereocenters. The van der Waals surface area contributed by atoms with E-state index in [4.69, 9.17) is 0 Å². The number of amides is 1. The van der Waals surface area contributed by atoms with Crippen LogP contribution in [0.25, 0.3) is 11.1 Å². The van der Waals surface area contributed by atoms with Gasteiger partial charge in [0.15, 0.2) is 0 Å². The molecule has 1 heterocycles. The quantitative estimate of drug-likeness (QED) is 0.824. The van der Waals surface area contributed by atoms with Crippen LogP contribution in [0.1, 0.15) is 19.4 Å². The molecular weight excluding hydrogens is 246 g/mol. The second kappa shape index (κ2) is 5.12. The van der Waals surface area contributed by atoms with Crippen LogP contribution in [0.4, 0.5) is 5.69 Å². The lowest BCUT2D eigenvalue weighted by molar-refractivity contribution is -0.117. The number of nitrogens with zero attached hydrogens (tertiary/aromatic N) is 1. The number of fused-ring (bicyclic) bond motifs is 1. The van der Waals surface area contributed by atoms with Crippen molar-refractivity contribution in [3.8, 4) is 11.1 Å². The fourth-order valence-electron chi connectivity index (χ4n) is 2.84. The van der Waals surface area contributed by atoms with Crippen molar-refractivity contribution in [2.24, 2.45) is 5.92 Å². The molecule has 20 heavy (non-hydrogen) atoms. The topological polar surface area (TPSA) is 20.3 Å². The first kappa shape index (κ1) is 12.9. The molecule has 0 N–H and O–H groups in total. The van der Waals surface area contributed by atoms with Gasteiger partial charge < -0.3 is 4.90 Å². The van der Waals surface area contributed by atoms with Gasteiger partial charge >= 0.3 is 0 Å². The van der Waals surface area contributed by atoms with Crippen molar-refractivity contribution in [3.05, 3.63) is 54.1 Å². The summed E-state index contributed by atoms with van der Waals surface area (Å²) >= 11 is 0. The molecule has 0 aromatic heterocycles. The summed E-state index contributed by atoms with van der Waals surface area (Å²) < 4.78 is 0. The van der Waals surface area contributed by atoms with Crippen LogP contribution in [-0.4, -0.2) is 12.5 Å². The third-order valence-electron chi connectivity index (χ3n) is 3.66. The summed E-state index contributed by atoms with van der Waals surface area (Å²) in [6.45, 7) is 5.09. The predicted molar refractivity (Wildman–Crippen MR) is 82.8 cm³/mol. The van der Waals surface area contributed by atoms with Crippen LogP contribution in [0, 0.1) is 5.92 Å². The third-order valence-corrected chi connectivity index (χ3v) is 3.66. The highest BCUT2D eigenvalue weighted by Crippen LogP contribution is 2.38. The average molecular weight is 265 g/mol. The maximum absolute atomic E-state index is 12.3. The summed E-state index contributed by atoms with van der Waals surface area (Å²) in [7, 11) is 0. The van der Waals surface area contributed by atoms with E-state index >= 15 is 0 Å². The summed E-state index contributed by atoms with van der Waals surface area (Å²) in [6, 6.07) is 16.5. The number of hydrogen-bond acceptors (Lipinski definition) is 1. The van der Waals surface area contributed by atoms with Gasteiger partial charge in [0.1, 0.15) is 0 Å². The maximum Gasteiger partial charge on any atom is 0.231 e. The van der Waals surface area contributed by atoms with Crippen molar-refractivity contribution in [3.63, 3.8) is 0 Å². The van der Waals surface area contributed by atoms with Gasteiger partial charge in [0.2, 0.25) is 5.91 Å². The van der Waals surface area contributed by atoms with E-state index in [2.05, 4.69) is 38.1 Å². The Morgan fingerprint density at radius 1 is 1.05 bits per heavy atom. The summed E-state index contributed by atoms with van der Waals surface area (Å²) in [5.74, 6) is 0.686. The van der Waals surface area contributed by atoms with Crippen LogP contribution in [0.2, 0.25) is 0 Å². The Labute approximate surface area is 120 Å². The van der Waals surface area contributed by atoms with E-state index in [1.54, 1.807) is 0 Å². The van der Waals surface area contributed by atoms with Crippen LogP contribution >= 0.6 is 0 Å². The van der Waals surface area contributed by atoms with E-state index in [0.29, 0.717) is 12.3 Å². The van der Waals surface area contributed by atoms with Gasteiger partial charge in [-0.2, -0.15) is 0 Å². The Balaban J connectivity index is 2.12. The summed E-state index contributed by atoms with van der Waals surface area (Å²) in [6.07, 6.45) is 0.530. The van der Waals surface area contributed by atoms with E-state index in [9.17, 15) is 4.79 Å². The number of para-hydroxylation sites is 1. The van der Waals surface area contributed by atoms with E-state index in [1.807, 2.05) is 29.2 Å². The second-order valence-corrected chi connectivity index (χ2v) is 5.75. The van der Waals surface area contributed by atoms with Crippen LogP contribution < -0.4 is 4.90 Å². The lowest BCUT2D eigenvalue weighted by atomic mass is 10.00. The zero-order valence-corrected chi connectivity index (χ0v) is 12.0. The molecule has 0 saturated heterocycles. The lowest BCUT2D eigenvalue weighted by Gasteiger charge is -2.22. The zero-order valence-electron chi connectivity index (χ0n) is 12.0. The minimum atomic E-state index is 0.220. The number of anilines is 1. The molecule has 1 aliphatic rings. The Morgan fingerprint density at radius 2 is 1.80 bits per heavy atom. The van der Waals surface area contributed by atoms with Gasteiger partial charge in [-0.3, -0.25) is 4.79 Å². The Morgan fingerprint density at radius 3 is 2.50 bits per heavy atom. The smallest absolute Gasteiger partial charge is 0.231 e. The molecule has 102 valence electrons.